The molecule has 0 radical (unpaired) electrons. The van der Waals surface area contributed by atoms with Gasteiger partial charge in [-0.3, -0.25) is 4.79 Å². The van der Waals surface area contributed by atoms with E-state index in [1.807, 2.05) is 6.92 Å². The van der Waals surface area contributed by atoms with E-state index in [1.165, 1.54) is 0 Å². The molecule has 0 aromatic heterocycles. The van der Waals surface area contributed by atoms with E-state index in [-0.39, 0.29) is 57.4 Å². The molecule has 0 fully saturated rings. The van der Waals surface area contributed by atoms with Crippen LogP contribution < -0.4 is 51.4 Å². The third kappa shape index (κ3) is 19.5. The van der Waals surface area contributed by atoms with Gasteiger partial charge < -0.3 is 11.7 Å². The van der Waals surface area contributed by atoms with Gasteiger partial charge in [-0.15, -0.1) is 0 Å². The Morgan fingerprint density at radius 3 is 2.15 bits per heavy atom. The van der Waals surface area contributed by atoms with E-state index in [0.717, 1.165) is 19.3 Å². The Hall–Kier alpha value is 1.11. The second kappa shape index (κ2) is 18.8. The maximum Gasteiger partial charge on any atom is 1.00 e. The molecule has 0 aromatic rings. The Morgan fingerprint density at radius 2 is 1.77 bits per heavy atom. The van der Waals surface area contributed by atoms with Crippen molar-refractivity contribution in [2.45, 2.75) is 46.5 Å². The van der Waals surface area contributed by atoms with Crippen LogP contribution in [-0.2, 0) is 9.53 Å². The molecule has 0 atom stereocenters. The fourth-order valence-corrected chi connectivity index (χ4v) is 0.752. The zero-order valence-corrected chi connectivity index (χ0v) is 12.7. The van der Waals surface area contributed by atoms with Gasteiger partial charge in [-0.2, -0.15) is 6.92 Å². The molecule has 0 aliphatic carbocycles. The molecule has 0 saturated heterocycles. The summed E-state index contributed by atoms with van der Waals surface area (Å²) in [5.41, 5.74) is 0. The van der Waals surface area contributed by atoms with Gasteiger partial charge in [0, 0.05) is 6.42 Å². The van der Waals surface area contributed by atoms with Crippen LogP contribution in [0.3, 0.4) is 0 Å². The zero-order valence-electron chi connectivity index (χ0n) is 9.56. The summed E-state index contributed by atoms with van der Waals surface area (Å²) in [5.74, 6) is -0.0593. The van der Waals surface area contributed by atoms with Crippen molar-refractivity contribution in [1.29, 1.82) is 0 Å². The minimum atomic E-state index is -0.0593. The Bertz CT molecular complexity index is 94.9. The molecular weight excluding hydrogens is 191 g/mol. The van der Waals surface area contributed by atoms with Crippen LogP contribution in [0.4, 0.5) is 0 Å². The Labute approximate surface area is 125 Å². The number of carbonyl (C=O) groups is 1. The van der Waals surface area contributed by atoms with Crippen LogP contribution in [0.1, 0.15) is 46.5 Å². The van der Waals surface area contributed by atoms with Crippen molar-refractivity contribution in [3.05, 3.63) is 6.92 Å². The van der Waals surface area contributed by atoms with Crippen molar-refractivity contribution in [2.75, 3.05) is 6.61 Å². The number of hydrogen-bond acceptors (Lipinski definition) is 2. The molecule has 0 amide bonds. The molecule has 0 aliphatic heterocycles. The number of esters is 1. The van der Waals surface area contributed by atoms with Crippen LogP contribution in [0, 0.1) is 6.92 Å². The number of unbranched alkanes of at least 4 members (excludes halogenated alkanes) is 2. The first-order valence-electron chi connectivity index (χ1n) is 4.67. The molecule has 0 spiro atoms. The average molecular weight is 212 g/mol. The normalized spacial score (nSPS) is 7.69. The number of carbonyl (C=O) groups excluding carboxylic acids is 1. The largest absolute Gasteiger partial charge is 1.00 e. The first-order chi connectivity index (χ1) is 5.81. The molecule has 0 saturated carbocycles. The summed E-state index contributed by atoms with van der Waals surface area (Å²) in [5, 5.41) is 0. The van der Waals surface area contributed by atoms with E-state index in [2.05, 4.69) is 13.8 Å². The summed E-state index contributed by atoms with van der Waals surface area (Å²) >= 11 is 0. The Morgan fingerprint density at radius 1 is 1.23 bits per heavy atom. The number of hydrogen-bond donors (Lipinski definition) is 0. The number of rotatable bonds is 5. The standard InChI is InChI=1S/C8H16O2.C2H5.K/c1-3-5-6-7-8(9)10-4-2;1-2;/h3-7H2,1-2H3;1H2,2H3;/q;-1;+1. The topological polar surface area (TPSA) is 26.3 Å². The maximum absolute atomic E-state index is 10.7. The summed E-state index contributed by atoms with van der Waals surface area (Å²) < 4.78 is 4.75. The minimum absolute atomic E-state index is 0. The average Bonchev–Trinajstić information content (AvgIpc) is 2.09. The predicted molar refractivity (Wildman–Crippen MR) is 51.8 cm³/mol. The summed E-state index contributed by atoms with van der Waals surface area (Å²) in [6.45, 7) is 9.45. The second-order valence-electron chi connectivity index (χ2n) is 2.26. The zero-order chi connectivity index (χ0) is 9.82. The van der Waals surface area contributed by atoms with Crippen molar-refractivity contribution in [1.82, 2.24) is 0 Å². The first kappa shape index (κ1) is 19.6. The van der Waals surface area contributed by atoms with Crippen molar-refractivity contribution < 1.29 is 60.9 Å². The Kier molecular flexibility index (Phi) is 28.4. The van der Waals surface area contributed by atoms with Crippen LogP contribution in [0.15, 0.2) is 0 Å². The van der Waals surface area contributed by atoms with Gasteiger partial charge in [-0.05, 0) is 13.3 Å². The third-order valence-electron chi connectivity index (χ3n) is 1.29. The van der Waals surface area contributed by atoms with E-state index in [4.69, 9.17) is 4.74 Å². The summed E-state index contributed by atoms with van der Waals surface area (Å²) in [4.78, 5) is 10.7. The van der Waals surface area contributed by atoms with Gasteiger partial charge in [-0.25, -0.2) is 0 Å². The minimum Gasteiger partial charge on any atom is -0.466 e. The van der Waals surface area contributed by atoms with Gasteiger partial charge in [0.15, 0.2) is 0 Å². The van der Waals surface area contributed by atoms with Gasteiger partial charge >= 0.3 is 57.4 Å². The van der Waals surface area contributed by atoms with Crippen LogP contribution in [0.5, 0.6) is 0 Å². The fraction of sp³-hybridized carbons (Fsp3) is 0.800. The van der Waals surface area contributed by atoms with Crippen molar-refractivity contribution in [3.8, 4) is 0 Å². The molecule has 2 nitrogen and oxygen atoms in total. The van der Waals surface area contributed by atoms with Gasteiger partial charge in [-0.1, -0.05) is 19.8 Å². The van der Waals surface area contributed by atoms with E-state index in [9.17, 15) is 4.79 Å². The molecule has 0 bridgehead atoms. The van der Waals surface area contributed by atoms with E-state index in [1.54, 1.807) is 6.92 Å². The van der Waals surface area contributed by atoms with Gasteiger partial charge in [0.25, 0.3) is 0 Å². The van der Waals surface area contributed by atoms with E-state index < -0.39 is 0 Å². The summed E-state index contributed by atoms with van der Waals surface area (Å²) in [6, 6.07) is 0. The molecule has 0 aromatic carbocycles. The fourth-order valence-electron chi connectivity index (χ4n) is 0.752. The number of ether oxygens (including phenoxy) is 1. The van der Waals surface area contributed by atoms with E-state index in [0.29, 0.717) is 13.0 Å². The molecule has 0 unspecified atom stereocenters. The van der Waals surface area contributed by atoms with Gasteiger partial charge in [0.05, 0.1) is 6.61 Å². The van der Waals surface area contributed by atoms with Crippen molar-refractivity contribution >= 4 is 5.97 Å². The van der Waals surface area contributed by atoms with Crippen LogP contribution in [-0.4, -0.2) is 12.6 Å². The predicted octanol–water partition coefficient (Wildman–Crippen LogP) is -0.0258. The quantitative estimate of drug-likeness (QED) is 0.277. The first-order valence-corrected chi connectivity index (χ1v) is 4.67. The molecule has 13 heavy (non-hydrogen) atoms. The molecule has 0 heterocycles. The smallest absolute Gasteiger partial charge is 0.466 e. The van der Waals surface area contributed by atoms with E-state index >= 15 is 0 Å². The van der Waals surface area contributed by atoms with Gasteiger partial charge in [0.2, 0.25) is 0 Å². The summed E-state index contributed by atoms with van der Waals surface area (Å²) in [6.07, 6.45) is 3.83. The van der Waals surface area contributed by atoms with Crippen LogP contribution in [0.2, 0.25) is 0 Å². The van der Waals surface area contributed by atoms with Crippen LogP contribution >= 0.6 is 0 Å². The van der Waals surface area contributed by atoms with Gasteiger partial charge in [0.1, 0.15) is 0 Å². The molecule has 74 valence electrons. The molecule has 0 N–H and O–H groups in total. The molecule has 3 heteroatoms. The molecule has 0 aliphatic rings. The maximum atomic E-state index is 10.7. The second-order valence-corrected chi connectivity index (χ2v) is 2.26. The third-order valence-corrected chi connectivity index (χ3v) is 1.29. The monoisotopic (exact) mass is 212 g/mol. The van der Waals surface area contributed by atoms with Crippen molar-refractivity contribution in [3.63, 3.8) is 0 Å². The molecule has 0 rings (SSSR count). The Balaban J connectivity index is -0.000000309. The SMILES string of the molecule is CCCCCC(=O)OCC.[CH2-]C.[K+]. The van der Waals surface area contributed by atoms with Crippen molar-refractivity contribution in [2.24, 2.45) is 0 Å². The molecular formula is C10H21KO2. The summed E-state index contributed by atoms with van der Waals surface area (Å²) in [7, 11) is 0. The van der Waals surface area contributed by atoms with Crippen LogP contribution in [0.25, 0.3) is 0 Å².